The maximum absolute atomic E-state index is 11.7. The minimum Gasteiger partial charge on any atom is -0.354 e. The quantitative estimate of drug-likeness (QED) is 0.475. The molecule has 7 heteroatoms. The Morgan fingerprint density at radius 1 is 1.50 bits per heavy atom. The SMILES string of the molecule is CC(=O)NC(CS)C(=O)NCCCn1cccn1. The van der Waals surface area contributed by atoms with Crippen LogP contribution in [0.25, 0.3) is 0 Å². The molecule has 0 aliphatic rings. The number of aryl methyl sites for hydroxylation is 1. The highest BCUT2D eigenvalue weighted by atomic mass is 32.1. The summed E-state index contributed by atoms with van der Waals surface area (Å²) in [5.41, 5.74) is 0. The summed E-state index contributed by atoms with van der Waals surface area (Å²) in [7, 11) is 0. The Labute approximate surface area is 112 Å². The molecule has 6 nitrogen and oxygen atoms in total. The number of thiol groups is 1. The number of nitrogens with zero attached hydrogens (tertiary/aromatic N) is 2. The van der Waals surface area contributed by atoms with Crippen LogP contribution in [0, 0.1) is 0 Å². The lowest BCUT2D eigenvalue weighted by Crippen LogP contribution is -2.47. The average molecular weight is 270 g/mol. The predicted molar refractivity (Wildman–Crippen MR) is 71.3 cm³/mol. The van der Waals surface area contributed by atoms with Gasteiger partial charge in [0.15, 0.2) is 0 Å². The molecule has 18 heavy (non-hydrogen) atoms. The molecule has 1 atom stereocenters. The molecule has 0 aliphatic heterocycles. The summed E-state index contributed by atoms with van der Waals surface area (Å²) in [6.45, 7) is 2.67. The number of rotatable bonds is 7. The van der Waals surface area contributed by atoms with Gasteiger partial charge < -0.3 is 10.6 Å². The van der Waals surface area contributed by atoms with Crippen LogP contribution in [-0.2, 0) is 16.1 Å². The molecule has 0 spiro atoms. The molecule has 0 radical (unpaired) electrons. The maximum atomic E-state index is 11.7. The normalized spacial score (nSPS) is 11.9. The van der Waals surface area contributed by atoms with Crippen molar-refractivity contribution >= 4 is 24.4 Å². The third-order valence-electron chi connectivity index (χ3n) is 2.30. The summed E-state index contributed by atoms with van der Waals surface area (Å²) < 4.78 is 1.80. The first-order valence-electron chi connectivity index (χ1n) is 5.76. The van der Waals surface area contributed by atoms with Gasteiger partial charge in [-0.25, -0.2) is 0 Å². The van der Waals surface area contributed by atoms with Gasteiger partial charge in [-0.05, 0) is 12.5 Å². The second kappa shape index (κ2) is 7.75. The van der Waals surface area contributed by atoms with E-state index in [9.17, 15) is 9.59 Å². The lowest BCUT2D eigenvalue weighted by atomic mass is 10.3. The second-order valence-electron chi connectivity index (χ2n) is 3.85. The molecule has 1 aromatic heterocycles. The van der Waals surface area contributed by atoms with Gasteiger partial charge in [0.1, 0.15) is 6.04 Å². The number of amides is 2. The van der Waals surface area contributed by atoms with E-state index in [2.05, 4.69) is 28.4 Å². The average Bonchev–Trinajstić information content (AvgIpc) is 2.84. The van der Waals surface area contributed by atoms with E-state index in [0.717, 1.165) is 13.0 Å². The van der Waals surface area contributed by atoms with Gasteiger partial charge in [0, 0.05) is 38.2 Å². The molecule has 0 saturated heterocycles. The van der Waals surface area contributed by atoms with Crippen LogP contribution in [0.4, 0.5) is 0 Å². The molecular weight excluding hydrogens is 252 g/mol. The summed E-state index contributed by atoms with van der Waals surface area (Å²) in [5.74, 6) is -0.161. The molecule has 2 amide bonds. The highest BCUT2D eigenvalue weighted by molar-refractivity contribution is 7.80. The van der Waals surface area contributed by atoms with Crippen LogP contribution < -0.4 is 10.6 Å². The molecule has 1 heterocycles. The largest absolute Gasteiger partial charge is 0.354 e. The van der Waals surface area contributed by atoms with Crippen molar-refractivity contribution in [1.82, 2.24) is 20.4 Å². The van der Waals surface area contributed by atoms with Crippen molar-refractivity contribution in [2.75, 3.05) is 12.3 Å². The van der Waals surface area contributed by atoms with E-state index in [1.54, 1.807) is 10.9 Å². The van der Waals surface area contributed by atoms with Crippen molar-refractivity contribution in [2.24, 2.45) is 0 Å². The number of nitrogens with one attached hydrogen (secondary N) is 2. The van der Waals surface area contributed by atoms with E-state index < -0.39 is 6.04 Å². The zero-order chi connectivity index (χ0) is 13.4. The Morgan fingerprint density at radius 3 is 2.83 bits per heavy atom. The van der Waals surface area contributed by atoms with E-state index in [1.165, 1.54) is 6.92 Å². The first-order chi connectivity index (χ1) is 8.63. The molecule has 0 bridgehead atoms. The van der Waals surface area contributed by atoms with Crippen LogP contribution in [-0.4, -0.2) is 39.9 Å². The van der Waals surface area contributed by atoms with Gasteiger partial charge in [-0.1, -0.05) is 0 Å². The predicted octanol–water partition coefficient (Wildman–Crippen LogP) is -0.176. The van der Waals surface area contributed by atoms with Crippen molar-refractivity contribution in [1.29, 1.82) is 0 Å². The smallest absolute Gasteiger partial charge is 0.243 e. The van der Waals surface area contributed by atoms with Crippen LogP contribution in [0.1, 0.15) is 13.3 Å². The maximum Gasteiger partial charge on any atom is 0.243 e. The summed E-state index contributed by atoms with van der Waals surface area (Å²) >= 11 is 4.03. The van der Waals surface area contributed by atoms with E-state index in [0.29, 0.717) is 6.54 Å². The van der Waals surface area contributed by atoms with Gasteiger partial charge in [-0.15, -0.1) is 0 Å². The molecule has 0 saturated carbocycles. The molecule has 1 unspecified atom stereocenters. The minimum atomic E-state index is -0.574. The van der Waals surface area contributed by atoms with Crippen LogP contribution in [0.3, 0.4) is 0 Å². The summed E-state index contributed by atoms with van der Waals surface area (Å²) in [6, 6.07) is 1.28. The fourth-order valence-corrected chi connectivity index (χ4v) is 1.71. The number of aromatic nitrogens is 2. The lowest BCUT2D eigenvalue weighted by molar-refractivity contribution is -0.127. The molecule has 1 rings (SSSR count). The number of carbonyl (C=O) groups is 2. The third-order valence-corrected chi connectivity index (χ3v) is 2.66. The van der Waals surface area contributed by atoms with Crippen molar-refractivity contribution in [2.45, 2.75) is 25.9 Å². The molecule has 0 aliphatic carbocycles. The Kier molecular flexibility index (Phi) is 6.27. The van der Waals surface area contributed by atoms with Gasteiger partial charge in [0.2, 0.25) is 11.8 Å². The van der Waals surface area contributed by atoms with Gasteiger partial charge in [0.05, 0.1) is 0 Å². The summed E-state index contributed by atoms with van der Waals surface area (Å²) in [5, 5.41) is 9.35. The van der Waals surface area contributed by atoms with Crippen LogP contribution in [0.15, 0.2) is 18.5 Å². The highest BCUT2D eigenvalue weighted by Gasteiger charge is 2.16. The zero-order valence-corrected chi connectivity index (χ0v) is 11.2. The summed E-state index contributed by atoms with van der Waals surface area (Å²) in [4.78, 5) is 22.5. The van der Waals surface area contributed by atoms with E-state index in [4.69, 9.17) is 0 Å². The standard InChI is InChI=1S/C11H18N4O2S/c1-9(16)14-10(8-18)11(17)12-4-2-6-15-7-3-5-13-15/h3,5,7,10,18H,2,4,6,8H2,1H3,(H,12,17)(H,14,16). The zero-order valence-electron chi connectivity index (χ0n) is 10.3. The van der Waals surface area contributed by atoms with E-state index >= 15 is 0 Å². The van der Waals surface area contributed by atoms with Crippen LogP contribution >= 0.6 is 12.6 Å². The van der Waals surface area contributed by atoms with E-state index in [1.807, 2.05) is 12.3 Å². The topological polar surface area (TPSA) is 76.0 Å². The fraction of sp³-hybridized carbons (Fsp3) is 0.545. The second-order valence-corrected chi connectivity index (χ2v) is 4.21. The molecule has 1 aromatic rings. The Balaban J connectivity index is 2.21. The first-order valence-corrected chi connectivity index (χ1v) is 6.40. The molecule has 0 fully saturated rings. The molecular formula is C11H18N4O2S. The van der Waals surface area contributed by atoms with Gasteiger partial charge in [-0.2, -0.15) is 17.7 Å². The van der Waals surface area contributed by atoms with Gasteiger partial charge >= 0.3 is 0 Å². The number of hydrogen-bond acceptors (Lipinski definition) is 4. The van der Waals surface area contributed by atoms with Crippen LogP contribution in [0.5, 0.6) is 0 Å². The molecule has 0 aromatic carbocycles. The number of carbonyl (C=O) groups excluding carboxylic acids is 2. The molecule has 2 N–H and O–H groups in total. The Morgan fingerprint density at radius 2 is 2.28 bits per heavy atom. The third kappa shape index (κ3) is 5.22. The first kappa shape index (κ1) is 14.6. The van der Waals surface area contributed by atoms with Crippen LogP contribution in [0.2, 0.25) is 0 Å². The van der Waals surface area contributed by atoms with Crippen molar-refractivity contribution in [3.63, 3.8) is 0 Å². The Hall–Kier alpha value is -1.50. The highest BCUT2D eigenvalue weighted by Crippen LogP contribution is 1.91. The monoisotopic (exact) mass is 270 g/mol. The van der Waals surface area contributed by atoms with E-state index in [-0.39, 0.29) is 17.6 Å². The lowest BCUT2D eigenvalue weighted by Gasteiger charge is -2.15. The minimum absolute atomic E-state index is 0.208. The molecule has 100 valence electrons. The van der Waals surface area contributed by atoms with Gasteiger partial charge in [0.25, 0.3) is 0 Å². The summed E-state index contributed by atoms with van der Waals surface area (Å²) in [6.07, 6.45) is 4.37. The van der Waals surface area contributed by atoms with Crippen molar-refractivity contribution in [3.05, 3.63) is 18.5 Å². The van der Waals surface area contributed by atoms with Crippen molar-refractivity contribution < 1.29 is 9.59 Å². The van der Waals surface area contributed by atoms with Crippen molar-refractivity contribution in [3.8, 4) is 0 Å². The van der Waals surface area contributed by atoms with Gasteiger partial charge in [-0.3, -0.25) is 14.3 Å². The fourth-order valence-electron chi connectivity index (χ4n) is 1.45. The number of hydrogen-bond donors (Lipinski definition) is 3. The Bertz CT molecular complexity index is 380.